The number of carbonyl (C=O) groups excluding carboxylic acids is 1. The fourth-order valence-corrected chi connectivity index (χ4v) is 3.49. The van der Waals surface area contributed by atoms with Gasteiger partial charge < -0.3 is 4.74 Å². The summed E-state index contributed by atoms with van der Waals surface area (Å²) in [5, 5.41) is 2.01. The van der Waals surface area contributed by atoms with Crippen LogP contribution in [0.15, 0.2) is 59.9 Å². The van der Waals surface area contributed by atoms with E-state index in [1.807, 2.05) is 65.4 Å². The van der Waals surface area contributed by atoms with Crippen molar-refractivity contribution < 1.29 is 9.53 Å². The van der Waals surface area contributed by atoms with Gasteiger partial charge in [0.1, 0.15) is 11.8 Å². The van der Waals surface area contributed by atoms with Gasteiger partial charge in [-0.05, 0) is 30.5 Å². The molecule has 1 aromatic carbocycles. The van der Waals surface area contributed by atoms with Crippen molar-refractivity contribution in [2.75, 3.05) is 6.26 Å². The van der Waals surface area contributed by atoms with E-state index in [0.29, 0.717) is 21.9 Å². The largest absolute Gasteiger partial charge is 0.456 e. The van der Waals surface area contributed by atoms with Crippen molar-refractivity contribution in [2.45, 2.75) is 11.8 Å². The summed E-state index contributed by atoms with van der Waals surface area (Å²) >= 11 is 7.70. The number of hydrogen-bond donors (Lipinski definition) is 0. The monoisotopic (exact) mass is 383 g/mol. The first kappa shape index (κ1) is 16.9. The van der Waals surface area contributed by atoms with Gasteiger partial charge >= 0.3 is 5.97 Å². The Morgan fingerprint density at radius 3 is 2.85 bits per heavy atom. The van der Waals surface area contributed by atoms with Gasteiger partial charge in [0.25, 0.3) is 0 Å². The molecule has 0 saturated carbocycles. The van der Waals surface area contributed by atoms with Crippen molar-refractivity contribution >= 4 is 45.8 Å². The predicted molar refractivity (Wildman–Crippen MR) is 103 cm³/mol. The van der Waals surface area contributed by atoms with Gasteiger partial charge in [-0.15, -0.1) is 0 Å². The molecule has 0 amide bonds. The minimum absolute atomic E-state index is 0.0377. The first-order chi connectivity index (χ1) is 12.7. The van der Waals surface area contributed by atoms with Crippen LogP contribution in [0.2, 0.25) is 5.15 Å². The Morgan fingerprint density at radius 2 is 2.00 bits per heavy atom. The van der Waals surface area contributed by atoms with E-state index in [4.69, 9.17) is 16.3 Å². The zero-order valence-electron chi connectivity index (χ0n) is 13.8. The molecule has 5 nitrogen and oxygen atoms in total. The molecule has 0 N–H and O–H groups in total. The third-order valence-electron chi connectivity index (χ3n) is 4.00. The molecule has 4 rings (SSSR count). The molecule has 4 aromatic rings. The van der Waals surface area contributed by atoms with E-state index in [9.17, 15) is 4.79 Å². The number of carbonyl (C=O) groups is 1. The van der Waals surface area contributed by atoms with Gasteiger partial charge in [0.15, 0.2) is 10.9 Å². The highest BCUT2D eigenvalue weighted by Crippen LogP contribution is 2.23. The Hall–Kier alpha value is -2.57. The maximum absolute atomic E-state index is 12.6. The predicted octanol–water partition coefficient (Wildman–Crippen LogP) is 4.61. The number of halogens is 1. The minimum atomic E-state index is -0.488. The van der Waals surface area contributed by atoms with E-state index in [2.05, 4.69) is 9.97 Å². The van der Waals surface area contributed by atoms with Gasteiger partial charge in [0.2, 0.25) is 0 Å². The van der Waals surface area contributed by atoms with Gasteiger partial charge in [-0.2, -0.15) is 0 Å². The fourth-order valence-electron chi connectivity index (χ4n) is 2.75. The second-order valence-electron chi connectivity index (χ2n) is 5.61. The van der Waals surface area contributed by atoms with Crippen LogP contribution in [0, 0.1) is 0 Å². The van der Waals surface area contributed by atoms with Crippen LogP contribution in [0.4, 0.5) is 0 Å². The van der Waals surface area contributed by atoms with Gasteiger partial charge in [0, 0.05) is 17.1 Å². The van der Waals surface area contributed by atoms with E-state index < -0.39 is 5.97 Å². The number of thioether (sulfide) groups is 1. The van der Waals surface area contributed by atoms with E-state index in [1.54, 1.807) is 0 Å². The molecular formula is C19H14ClN3O2S. The number of rotatable bonds is 4. The molecule has 0 radical (unpaired) electrons. The van der Waals surface area contributed by atoms with Crippen molar-refractivity contribution in [1.29, 1.82) is 0 Å². The van der Waals surface area contributed by atoms with E-state index in [-0.39, 0.29) is 6.61 Å². The van der Waals surface area contributed by atoms with E-state index >= 15 is 0 Å². The Balaban J connectivity index is 1.61. The zero-order valence-corrected chi connectivity index (χ0v) is 15.4. The average Bonchev–Trinajstić information content (AvgIpc) is 3.05. The van der Waals surface area contributed by atoms with Crippen molar-refractivity contribution in [3.05, 3.63) is 71.1 Å². The molecule has 130 valence electrons. The Morgan fingerprint density at radius 1 is 1.19 bits per heavy atom. The SMILES string of the molecule is CSc1nc(C(=O)OCc2cc3ccccc3nc2Cl)c2ccccn12. The standard InChI is InChI=1S/C19H14ClN3O2S/c1-26-19-22-16(15-8-4-5-9-23(15)19)18(24)25-11-13-10-12-6-2-3-7-14(12)21-17(13)20/h2-10H,11H2,1H3. The van der Waals surface area contributed by atoms with Crippen LogP contribution in [0.5, 0.6) is 0 Å². The highest BCUT2D eigenvalue weighted by Gasteiger charge is 2.19. The third kappa shape index (κ3) is 3.02. The van der Waals surface area contributed by atoms with Crippen LogP contribution < -0.4 is 0 Å². The smallest absolute Gasteiger partial charge is 0.359 e. The van der Waals surface area contributed by atoms with Crippen molar-refractivity contribution in [3.8, 4) is 0 Å². The molecule has 0 saturated heterocycles. The minimum Gasteiger partial charge on any atom is -0.456 e. The summed E-state index contributed by atoms with van der Waals surface area (Å²) in [6, 6.07) is 15.1. The lowest BCUT2D eigenvalue weighted by molar-refractivity contribution is 0.0468. The molecule has 0 unspecified atom stereocenters. The summed E-state index contributed by atoms with van der Waals surface area (Å²) in [6.45, 7) is 0.0377. The molecule has 3 aromatic heterocycles. The topological polar surface area (TPSA) is 56.5 Å². The second-order valence-corrected chi connectivity index (χ2v) is 6.74. The van der Waals surface area contributed by atoms with Crippen LogP contribution in [0.3, 0.4) is 0 Å². The number of imidazole rings is 1. The Kier molecular flexibility index (Phi) is 4.53. The number of ether oxygens (including phenoxy) is 1. The second kappa shape index (κ2) is 6.97. The number of nitrogens with zero attached hydrogens (tertiary/aromatic N) is 3. The van der Waals surface area contributed by atoms with Crippen molar-refractivity contribution in [3.63, 3.8) is 0 Å². The summed E-state index contributed by atoms with van der Waals surface area (Å²) in [5.74, 6) is -0.488. The lowest BCUT2D eigenvalue weighted by atomic mass is 10.2. The number of aromatic nitrogens is 3. The summed E-state index contributed by atoms with van der Waals surface area (Å²) < 4.78 is 7.33. The molecule has 0 spiro atoms. The van der Waals surface area contributed by atoms with Gasteiger partial charge in [-0.1, -0.05) is 47.6 Å². The molecule has 0 atom stereocenters. The van der Waals surface area contributed by atoms with Gasteiger partial charge in [0.05, 0.1) is 11.0 Å². The number of fused-ring (bicyclic) bond motifs is 2. The summed E-state index contributed by atoms with van der Waals surface area (Å²) in [5.41, 5.74) is 2.47. The number of para-hydroxylation sites is 1. The summed E-state index contributed by atoms with van der Waals surface area (Å²) in [7, 11) is 0. The molecular weight excluding hydrogens is 370 g/mol. The average molecular weight is 384 g/mol. The van der Waals surface area contributed by atoms with Crippen LogP contribution in [-0.2, 0) is 11.3 Å². The first-order valence-electron chi connectivity index (χ1n) is 7.90. The quantitative estimate of drug-likeness (QED) is 0.292. The van der Waals surface area contributed by atoms with Crippen LogP contribution in [-0.4, -0.2) is 26.6 Å². The van der Waals surface area contributed by atoms with Crippen LogP contribution >= 0.6 is 23.4 Å². The van der Waals surface area contributed by atoms with Crippen molar-refractivity contribution in [2.24, 2.45) is 0 Å². The van der Waals surface area contributed by atoms with Gasteiger partial charge in [-0.25, -0.2) is 14.8 Å². The maximum atomic E-state index is 12.6. The number of benzene rings is 1. The number of pyridine rings is 2. The van der Waals surface area contributed by atoms with E-state index in [0.717, 1.165) is 16.1 Å². The Labute approximate surface area is 159 Å². The normalized spacial score (nSPS) is 11.2. The molecule has 7 heteroatoms. The lowest BCUT2D eigenvalue weighted by Crippen LogP contribution is -2.07. The van der Waals surface area contributed by atoms with Gasteiger partial charge in [-0.3, -0.25) is 4.40 Å². The molecule has 0 aliphatic heterocycles. The zero-order chi connectivity index (χ0) is 18.1. The molecule has 0 fully saturated rings. The molecule has 26 heavy (non-hydrogen) atoms. The fraction of sp³-hybridized carbons (Fsp3) is 0.105. The molecule has 0 aliphatic carbocycles. The third-order valence-corrected chi connectivity index (χ3v) is 4.98. The first-order valence-corrected chi connectivity index (χ1v) is 9.50. The summed E-state index contributed by atoms with van der Waals surface area (Å²) in [4.78, 5) is 21.3. The highest BCUT2D eigenvalue weighted by atomic mass is 35.5. The van der Waals surface area contributed by atoms with E-state index in [1.165, 1.54) is 11.8 Å². The van der Waals surface area contributed by atoms with Crippen LogP contribution in [0.25, 0.3) is 16.4 Å². The maximum Gasteiger partial charge on any atom is 0.359 e. The molecule has 3 heterocycles. The number of esters is 1. The Bertz CT molecular complexity index is 1130. The van der Waals surface area contributed by atoms with Crippen LogP contribution in [0.1, 0.15) is 16.1 Å². The summed E-state index contributed by atoms with van der Waals surface area (Å²) in [6.07, 6.45) is 3.78. The van der Waals surface area contributed by atoms with Crippen molar-refractivity contribution in [1.82, 2.24) is 14.4 Å². The number of hydrogen-bond acceptors (Lipinski definition) is 5. The molecule has 0 aliphatic rings. The highest BCUT2D eigenvalue weighted by molar-refractivity contribution is 7.98. The lowest BCUT2D eigenvalue weighted by Gasteiger charge is -2.07. The molecule has 0 bridgehead atoms.